The van der Waals surface area contributed by atoms with Crippen LogP contribution in [-0.4, -0.2) is 58.7 Å². The van der Waals surface area contributed by atoms with E-state index in [0.29, 0.717) is 24.3 Å². The molecule has 1 aliphatic rings. The molecule has 1 aliphatic heterocycles. The summed E-state index contributed by atoms with van der Waals surface area (Å²) < 4.78 is 72.0. The van der Waals surface area contributed by atoms with Crippen LogP contribution in [-0.2, 0) is 26.1 Å². The molecular weight excluding hydrogens is 448 g/mol. The minimum atomic E-state index is -3.79. The van der Waals surface area contributed by atoms with Gasteiger partial charge in [0, 0.05) is 13.1 Å². The zero-order chi connectivity index (χ0) is 23.3. The Bertz CT molecular complexity index is 1070. The van der Waals surface area contributed by atoms with E-state index < -0.39 is 22.6 Å². The summed E-state index contributed by atoms with van der Waals surface area (Å²) in [5.74, 6) is -0.808. The highest BCUT2D eigenvalue weighted by atomic mass is 32.2. The molecule has 0 amide bonds. The van der Waals surface area contributed by atoms with Crippen molar-refractivity contribution in [2.24, 2.45) is 0 Å². The van der Waals surface area contributed by atoms with Crippen LogP contribution in [0.4, 0.5) is 8.78 Å². The second kappa shape index (κ2) is 10.2. The number of alkyl halides is 2. The van der Waals surface area contributed by atoms with Crippen molar-refractivity contribution in [3.63, 3.8) is 0 Å². The maximum absolute atomic E-state index is 13.0. The minimum Gasteiger partial charge on any atom is -0.493 e. The van der Waals surface area contributed by atoms with Gasteiger partial charge in [-0.1, -0.05) is 12.1 Å². The Balaban J connectivity index is 1.74. The van der Waals surface area contributed by atoms with E-state index in [9.17, 15) is 22.0 Å². The van der Waals surface area contributed by atoms with Gasteiger partial charge in [0.2, 0.25) is 10.0 Å². The van der Waals surface area contributed by atoms with E-state index in [1.54, 1.807) is 13.0 Å². The van der Waals surface area contributed by atoms with Gasteiger partial charge in [0.15, 0.2) is 11.5 Å². The van der Waals surface area contributed by atoms with Crippen LogP contribution in [0.1, 0.15) is 21.5 Å². The molecule has 0 bridgehead atoms. The number of ether oxygens (including phenoxy) is 4. The summed E-state index contributed by atoms with van der Waals surface area (Å²) in [6.07, 6.45) is 0. The highest BCUT2D eigenvalue weighted by Crippen LogP contribution is 2.30. The van der Waals surface area contributed by atoms with Gasteiger partial charge in [0.25, 0.3) is 0 Å². The van der Waals surface area contributed by atoms with Gasteiger partial charge >= 0.3 is 12.6 Å². The molecule has 8 nitrogen and oxygen atoms in total. The van der Waals surface area contributed by atoms with Crippen LogP contribution in [0.15, 0.2) is 41.3 Å². The first-order chi connectivity index (χ1) is 15.2. The Morgan fingerprint density at radius 1 is 1.12 bits per heavy atom. The number of carbonyl (C=O) groups excluding carboxylic acids is 1. The highest BCUT2D eigenvalue weighted by molar-refractivity contribution is 7.89. The molecule has 3 rings (SSSR count). The van der Waals surface area contributed by atoms with E-state index in [0.717, 1.165) is 0 Å². The summed E-state index contributed by atoms with van der Waals surface area (Å²) in [6, 6.07) is 8.47. The lowest BCUT2D eigenvalue weighted by Crippen LogP contribution is -2.40. The van der Waals surface area contributed by atoms with Crippen molar-refractivity contribution >= 4 is 16.0 Å². The Morgan fingerprint density at radius 3 is 2.50 bits per heavy atom. The molecule has 0 saturated carbocycles. The number of hydrogen-bond acceptors (Lipinski definition) is 7. The number of nitrogens with zero attached hydrogens (tertiary/aromatic N) is 1. The zero-order valence-corrected chi connectivity index (χ0v) is 18.4. The fraction of sp³-hybridized carbons (Fsp3) is 0.381. The maximum Gasteiger partial charge on any atom is 0.387 e. The van der Waals surface area contributed by atoms with Crippen molar-refractivity contribution in [3.05, 3.63) is 53.1 Å². The standard InChI is InChI=1S/C21H23F2NO7S/c1-14-3-5-16(12-19(14)32(26,27)24-7-9-29-10-8-24)20(25)30-13-15-4-6-17(31-21(22)23)18(11-15)28-2/h3-6,11-12,21H,7-10,13H2,1-2H3. The zero-order valence-electron chi connectivity index (χ0n) is 17.5. The van der Waals surface area contributed by atoms with E-state index >= 15 is 0 Å². The van der Waals surface area contributed by atoms with Crippen molar-refractivity contribution in [1.82, 2.24) is 4.31 Å². The van der Waals surface area contributed by atoms with E-state index in [-0.39, 0.29) is 41.7 Å². The summed E-state index contributed by atoms with van der Waals surface area (Å²) >= 11 is 0. The summed E-state index contributed by atoms with van der Waals surface area (Å²) in [5.41, 5.74) is 1.06. The molecular formula is C21H23F2NO7S. The number of rotatable bonds is 8. The third-order valence-electron chi connectivity index (χ3n) is 4.83. The molecule has 11 heteroatoms. The van der Waals surface area contributed by atoms with Crippen molar-refractivity contribution in [1.29, 1.82) is 0 Å². The number of morpholine rings is 1. The molecule has 0 aliphatic carbocycles. The number of methoxy groups -OCH3 is 1. The molecule has 1 saturated heterocycles. The number of benzene rings is 2. The first-order valence-corrected chi connectivity index (χ1v) is 11.1. The van der Waals surface area contributed by atoms with Crippen molar-refractivity contribution < 1.29 is 40.9 Å². The van der Waals surface area contributed by atoms with Crippen LogP contribution >= 0.6 is 0 Å². The van der Waals surface area contributed by atoms with Crippen LogP contribution in [0, 0.1) is 6.92 Å². The number of carbonyl (C=O) groups is 1. The van der Waals surface area contributed by atoms with Crippen LogP contribution in [0.25, 0.3) is 0 Å². The van der Waals surface area contributed by atoms with Gasteiger partial charge in [0.05, 0.1) is 30.8 Å². The third kappa shape index (κ3) is 5.53. The molecule has 0 spiro atoms. The molecule has 1 heterocycles. The number of hydrogen-bond donors (Lipinski definition) is 0. The van der Waals surface area contributed by atoms with Gasteiger partial charge in [-0.05, 0) is 42.3 Å². The van der Waals surface area contributed by atoms with Crippen molar-refractivity contribution in [2.75, 3.05) is 33.4 Å². The van der Waals surface area contributed by atoms with Crippen LogP contribution in [0.2, 0.25) is 0 Å². The molecule has 0 unspecified atom stereocenters. The quantitative estimate of drug-likeness (QED) is 0.547. The lowest BCUT2D eigenvalue weighted by atomic mass is 10.1. The first kappa shape index (κ1) is 23.9. The molecule has 0 atom stereocenters. The van der Waals surface area contributed by atoms with E-state index in [1.165, 1.54) is 41.7 Å². The topological polar surface area (TPSA) is 91.4 Å². The number of halogens is 2. The average molecular weight is 471 g/mol. The summed E-state index contributed by atoms with van der Waals surface area (Å²) in [7, 11) is -2.49. The van der Waals surface area contributed by atoms with Crippen molar-refractivity contribution in [2.45, 2.75) is 25.0 Å². The maximum atomic E-state index is 13.0. The SMILES string of the molecule is COc1cc(COC(=O)c2ccc(C)c(S(=O)(=O)N3CCOCC3)c2)ccc1OC(F)F. The Hall–Kier alpha value is -2.76. The lowest BCUT2D eigenvalue weighted by molar-refractivity contribution is -0.0512. The van der Waals surface area contributed by atoms with Gasteiger partial charge < -0.3 is 18.9 Å². The van der Waals surface area contributed by atoms with Gasteiger partial charge in [-0.15, -0.1) is 0 Å². The van der Waals surface area contributed by atoms with Gasteiger partial charge in [-0.2, -0.15) is 13.1 Å². The number of esters is 1. The monoisotopic (exact) mass is 471 g/mol. The van der Waals surface area contributed by atoms with Gasteiger partial charge in [0.1, 0.15) is 6.61 Å². The van der Waals surface area contributed by atoms with Crippen LogP contribution in [0.5, 0.6) is 11.5 Å². The number of aryl methyl sites for hydroxylation is 1. The minimum absolute atomic E-state index is 0.0315. The summed E-state index contributed by atoms with van der Waals surface area (Å²) in [5, 5.41) is 0. The van der Waals surface area contributed by atoms with Gasteiger partial charge in [-0.25, -0.2) is 13.2 Å². The second-order valence-electron chi connectivity index (χ2n) is 6.94. The molecule has 32 heavy (non-hydrogen) atoms. The predicted molar refractivity (Wildman–Crippen MR) is 110 cm³/mol. The second-order valence-corrected chi connectivity index (χ2v) is 8.84. The fourth-order valence-corrected chi connectivity index (χ4v) is 4.82. The predicted octanol–water partition coefficient (Wildman–Crippen LogP) is 2.98. The molecule has 174 valence electrons. The van der Waals surface area contributed by atoms with Crippen LogP contribution in [0.3, 0.4) is 0 Å². The lowest BCUT2D eigenvalue weighted by Gasteiger charge is -2.26. The Morgan fingerprint density at radius 2 is 1.84 bits per heavy atom. The normalized spacial score (nSPS) is 14.9. The van der Waals surface area contributed by atoms with E-state index in [2.05, 4.69) is 4.74 Å². The molecule has 2 aromatic carbocycles. The highest BCUT2D eigenvalue weighted by Gasteiger charge is 2.28. The van der Waals surface area contributed by atoms with E-state index in [1.807, 2.05) is 0 Å². The Kier molecular flexibility index (Phi) is 7.64. The molecule has 0 N–H and O–H groups in total. The van der Waals surface area contributed by atoms with Crippen molar-refractivity contribution in [3.8, 4) is 11.5 Å². The average Bonchev–Trinajstić information content (AvgIpc) is 2.78. The third-order valence-corrected chi connectivity index (χ3v) is 6.87. The van der Waals surface area contributed by atoms with Crippen LogP contribution < -0.4 is 9.47 Å². The summed E-state index contributed by atoms with van der Waals surface area (Å²) in [4.78, 5) is 12.6. The molecule has 0 aromatic heterocycles. The fourth-order valence-electron chi connectivity index (χ4n) is 3.16. The molecule has 2 aromatic rings. The molecule has 0 radical (unpaired) electrons. The molecule has 1 fully saturated rings. The Labute approximate surface area is 184 Å². The first-order valence-electron chi connectivity index (χ1n) is 9.70. The van der Waals surface area contributed by atoms with E-state index in [4.69, 9.17) is 14.2 Å². The summed E-state index contributed by atoms with van der Waals surface area (Å²) in [6.45, 7) is -0.430. The number of sulfonamides is 1. The smallest absolute Gasteiger partial charge is 0.387 e. The van der Waals surface area contributed by atoms with Gasteiger partial charge in [-0.3, -0.25) is 0 Å². The largest absolute Gasteiger partial charge is 0.493 e.